The highest BCUT2D eigenvalue weighted by atomic mass is 16.7. The Hall–Kier alpha value is -3.29. The molecule has 1 aliphatic heterocycles. The van der Waals surface area contributed by atoms with Gasteiger partial charge >= 0.3 is 11.9 Å². The van der Waals surface area contributed by atoms with E-state index in [4.69, 9.17) is 18.9 Å². The van der Waals surface area contributed by atoms with Gasteiger partial charge in [-0.25, -0.2) is 0 Å². The fourth-order valence-electron chi connectivity index (χ4n) is 4.75. The minimum atomic E-state index is -0.561. The molecule has 0 spiro atoms. The molecule has 0 N–H and O–H groups in total. The number of hydrogen-bond acceptors (Lipinski definition) is 7. The lowest BCUT2D eigenvalue weighted by atomic mass is 10.0. The molecule has 7 nitrogen and oxygen atoms in total. The van der Waals surface area contributed by atoms with Crippen molar-refractivity contribution < 1.29 is 33.3 Å². The number of allylic oxidation sites excluding steroid dienone is 7. The number of rotatable bonds is 17. The molecule has 0 aromatic heterocycles. The van der Waals surface area contributed by atoms with Gasteiger partial charge in [-0.1, -0.05) is 41.0 Å². The fraction of sp³-hybridized carbons (Fsp3) is 0.528. The molecule has 0 radical (unpaired) electrons. The van der Waals surface area contributed by atoms with E-state index in [9.17, 15) is 14.4 Å². The van der Waals surface area contributed by atoms with Crippen molar-refractivity contribution in [3.63, 3.8) is 0 Å². The zero-order valence-electron chi connectivity index (χ0n) is 27.0. The van der Waals surface area contributed by atoms with E-state index in [1.54, 1.807) is 6.07 Å². The van der Waals surface area contributed by atoms with E-state index < -0.39 is 11.9 Å². The summed E-state index contributed by atoms with van der Waals surface area (Å²) in [5.74, 6) is -0.863. The predicted molar refractivity (Wildman–Crippen MR) is 170 cm³/mol. The summed E-state index contributed by atoms with van der Waals surface area (Å²) in [6.07, 6.45) is 19.0. The van der Waals surface area contributed by atoms with Gasteiger partial charge in [-0.2, -0.15) is 0 Å². The van der Waals surface area contributed by atoms with Crippen LogP contribution < -0.4 is 9.47 Å². The lowest BCUT2D eigenvalue weighted by molar-refractivity contribution is -0.157. The number of carbonyl (C=O) groups excluding carboxylic acids is 3. The van der Waals surface area contributed by atoms with Crippen LogP contribution >= 0.6 is 0 Å². The summed E-state index contributed by atoms with van der Waals surface area (Å²) in [5, 5.41) is 0. The van der Waals surface area contributed by atoms with Gasteiger partial charge in [0.1, 0.15) is 6.29 Å². The third-order valence-corrected chi connectivity index (χ3v) is 7.07. The average Bonchev–Trinajstić information content (AvgIpc) is 2.95. The number of hydrogen-bond donors (Lipinski definition) is 0. The molecule has 2 rings (SSSR count). The van der Waals surface area contributed by atoms with Crippen LogP contribution in [0.15, 0.2) is 58.7 Å². The first-order chi connectivity index (χ1) is 20.6. The molecular formula is C36H50O7. The van der Waals surface area contributed by atoms with Gasteiger partial charge in [-0.05, 0) is 110 Å². The second-order valence-electron chi connectivity index (χ2n) is 11.5. The van der Waals surface area contributed by atoms with Crippen molar-refractivity contribution in [1.29, 1.82) is 0 Å². The SMILES string of the molecule is CC(=O)Oc1cc(C=O)cc(C/C=C(\C)CC/C=C(\C)CC/C=C(\CCC=C(C)C)COC2CCCCO2)c1OC(C)=O. The van der Waals surface area contributed by atoms with E-state index in [1.165, 1.54) is 48.6 Å². The van der Waals surface area contributed by atoms with Gasteiger partial charge in [0.05, 0.1) is 6.61 Å². The van der Waals surface area contributed by atoms with E-state index in [1.807, 2.05) is 0 Å². The molecule has 43 heavy (non-hydrogen) atoms. The third-order valence-electron chi connectivity index (χ3n) is 7.07. The van der Waals surface area contributed by atoms with E-state index in [0.29, 0.717) is 30.4 Å². The Balaban J connectivity index is 1.95. The molecular weight excluding hydrogens is 544 g/mol. The van der Waals surface area contributed by atoms with Crippen LogP contribution in [0.25, 0.3) is 0 Å². The zero-order valence-corrected chi connectivity index (χ0v) is 27.0. The minimum absolute atomic E-state index is 0.0648. The molecule has 0 saturated carbocycles. The Labute approximate surface area is 258 Å². The Morgan fingerprint density at radius 2 is 1.51 bits per heavy atom. The van der Waals surface area contributed by atoms with Crippen molar-refractivity contribution in [2.45, 2.75) is 112 Å². The molecule has 1 aromatic rings. The second-order valence-corrected chi connectivity index (χ2v) is 11.5. The molecule has 1 atom stereocenters. The highest BCUT2D eigenvalue weighted by Crippen LogP contribution is 2.34. The van der Waals surface area contributed by atoms with Crippen LogP contribution in [0.2, 0.25) is 0 Å². The van der Waals surface area contributed by atoms with Crippen molar-refractivity contribution in [3.8, 4) is 11.5 Å². The maximum Gasteiger partial charge on any atom is 0.308 e. The van der Waals surface area contributed by atoms with Crippen molar-refractivity contribution in [3.05, 3.63) is 69.9 Å². The van der Waals surface area contributed by atoms with Crippen LogP contribution in [0, 0.1) is 0 Å². The Bertz CT molecular complexity index is 1190. The van der Waals surface area contributed by atoms with Gasteiger partial charge in [0.25, 0.3) is 0 Å². The summed E-state index contributed by atoms with van der Waals surface area (Å²) in [6, 6.07) is 3.06. The van der Waals surface area contributed by atoms with Gasteiger partial charge in [0.2, 0.25) is 0 Å². The fourth-order valence-corrected chi connectivity index (χ4v) is 4.75. The maximum absolute atomic E-state index is 11.7. The molecule has 1 saturated heterocycles. The number of esters is 2. The first-order valence-electron chi connectivity index (χ1n) is 15.4. The van der Waals surface area contributed by atoms with Gasteiger partial charge in [-0.15, -0.1) is 0 Å². The van der Waals surface area contributed by atoms with Crippen LogP contribution in [0.5, 0.6) is 11.5 Å². The Kier molecular flexibility index (Phi) is 16.5. The van der Waals surface area contributed by atoms with Crippen LogP contribution in [0.1, 0.15) is 115 Å². The highest BCUT2D eigenvalue weighted by Gasteiger charge is 2.17. The van der Waals surface area contributed by atoms with Crippen LogP contribution in [-0.2, 0) is 25.5 Å². The maximum atomic E-state index is 11.7. The second kappa shape index (κ2) is 19.8. The molecule has 1 fully saturated rings. The molecule has 1 unspecified atom stereocenters. The Morgan fingerprint density at radius 1 is 0.837 bits per heavy atom. The van der Waals surface area contributed by atoms with E-state index in [-0.39, 0.29) is 17.8 Å². The average molecular weight is 595 g/mol. The highest BCUT2D eigenvalue weighted by molar-refractivity contribution is 5.80. The normalized spacial score (nSPS) is 16.0. The summed E-state index contributed by atoms with van der Waals surface area (Å²) >= 11 is 0. The lowest BCUT2D eigenvalue weighted by Crippen LogP contribution is -2.23. The monoisotopic (exact) mass is 594 g/mol. The first-order valence-corrected chi connectivity index (χ1v) is 15.4. The lowest BCUT2D eigenvalue weighted by Gasteiger charge is -2.23. The zero-order chi connectivity index (χ0) is 31.6. The van der Waals surface area contributed by atoms with Crippen molar-refractivity contribution in [2.24, 2.45) is 0 Å². The smallest absolute Gasteiger partial charge is 0.308 e. The molecule has 1 aromatic carbocycles. The van der Waals surface area contributed by atoms with E-state index >= 15 is 0 Å². The molecule has 7 heteroatoms. The Morgan fingerprint density at radius 3 is 2.14 bits per heavy atom. The largest absolute Gasteiger partial charge is 0.423 e. The van der Waals surface area contributed by atoms with Crippen molar-refractivity contribution in [1.82, 2.24) is 0 Å². The number of ether oxygens (including phenoxy) is 4. The third kappa shape index (κ3) is 15.1. The van der Waals surface area contributed by atoms with Crippen LogP contribution in [0.4, 0.5) is 0 Å². The summed E-state index contributed by atoms with van der Waals surface area (Å²) in [7, 11) is 0. The van der Waals surface area contributed by atoms with Gasteiger partial charge in [0.15, 0.2) is 17.8 Å². The molecule has 0 bridgehead atoms. The van der Waals surface area contributed by atoms with Gasteiger partial charge in [-0.3, -0.25) is 14.4 Å². The van der Waals surface area contributed by atoms with E-state index in [2.05, 4.69) is 52.0 Å². The van der Waals surface area contributed by atoms with Gasteiger partial charge < -0.3 is 18.9 Å². The topological polar surface area (TPSA) is 88.1 Å². The molecule has 0 amide bonds. The number of aldehydes is 1. The molecule has 0 aliphatic carbocycles. The summed E-state index contributed by atoms with van der Waals surface area (Å²) in [5.41, 5.74) is 6.15. The van der Waals surface area contributed by atoms with Crippen molar-refractivity contribution in [2.75, 3.05) is 13.2 Å². The summed E-state index contributed by atoms with van der Waals surface area (Å²) in [4.78, 5) is 34.7. The first kappa shape index (κ1) is 35.9. The molecule has 1 heterocycles. The number of carbonyl (C=O) groups is 3. The summed E-state index contributed by atoms with van der Waals surface area (Å²) < 4.78 is 22.4. The number of benzene rings is 1. The molecule has 236 valence electrons. The quantitative estimate of drug-likeness (QED) is 0.0772. The molecule has 1 aliphatic rings. The standard InChI is InChI=1S/C36H50O7/c1-26(2)12-9-16-31(25-41-35-18-7-8-21-40-35)17-11-15-27(3)13-10-14-28(4)19-20-33-22-32(24-37)23-34(42-29(5)38)36(33)43-30(6)39/h12-13,17,19,22-24,35H,7-11,14-16,18,20-21,25H2,1-6H3/b27-13+,28-19+,31-17+. The predicted octanol–water partition coefficient (Wildman–Crippen LogP) is 8.56. The van der Waals surface area contributed by atoms with Crippen molar-refractivity contribution >= 4 is 18.2 Å². The van der Waals surface area contributed by atoms with Crippen LogP contribution in [-0.4, -0.2) is 37.7 Å². The summed E-state index contributed by atoms with van der Waals surface area (Å²) in [6.45, 7) is 12.5. The van der Waals surface area contributed by atoms with Crippen LogP contribution in [0.3, 0.4) is 0 Å². The minimum Gasteiger partial charge on any atom is -0.423 e. The van der Waals surface area contributed by atoms with Gasteiger partial charge in [0, 0.05) is 31.6 Å². The van der Waals surface area contributed by atoms with E-state index in [0.717, 1.165) is 58.0 Å².